The largest absolute Gasteiger partial charge is 0.378 e. The Bertz CT molecular complexity index is 2540. The lowest BCUT2D eigenvalue weighted by Crippen LogP contribution is -2.54. The number of carbonyl (C=O) groups is 1. The first-order valence-electron chi connectivity index (χ1n) is 17.0. The van der Waals surface area contributed by atoms with Crippen molar-refractivity contribution in [1.82, 2.24) is 29.1 Å². The van der Waals surface area contributed by atoms with E-state index in [1.54, 1.807) is 42.8 Å². The number of benzene rings is 1. The molecule has 0 bridgehead atoms. The van der Waals surface area contributed by atoms with E-state index >= 15 is 0 Å². The van der Waals surface area contributed by atoms with Crippen molar-refractivity contribution in [3.05, 3.63) is 79.9 Å². The van der Waals surface area contributed by atoms with Crippen molar-refractivity contribution >= 4 is 65.8 Å². The molecule has 4 aromatic heterocycles. The molecule has 2 aliphatic rings. The Morgan fingerprint density at radius 1 is 1.19 bits per heavy atom. The number of halogens is 1. The van der Waals surface area contributed by atoms with Gasteiger partial charge in [0.1, 0.15) is 23.3 Å². The number of sulfonamides is 1. The Morgan fingerprint density at radius 3 is 2.64 bits per heavy atom. The van der Waals surface area contributed by atoms with Crippen LogP contribution in [0.1, 0.15) is 47.1 Å². The SMILES string of the molecule is CCN(c1ncc2nc(C)n(CC#Cc3ccc(Cl)cc3-c3ccnc4c(C(=O)NS(C)(=O)=O)csc34)c(=O)c2c1C#N)C1CCN(C2COC2)CC1. The predicted octanol–water partition coefficient (Wildman–Crippen LogP) is 4.33. The first-order valence-corrected chi connectivity index (χ1v) is 20.2. The molecule has 0 atom stereocenters. The van der Waals surface area contributed by atoms with Crippen molar-refractivity contribution < 1.29 is 17.9 Å². The van der Waals surface area contributed by atoms with Gasteiger partial charge in [0.05, 0.1) is 64.9 Å². The molecule has 0 radical (unpaired) electrons. The number of nitrogens with one attached hydrogen (secondary N) is 1. The smallest absolute Gasteiger partial charge is 0.267 e. The molecule has 1 amide bonds. The van der Waals surface area contributed by atoms with Crippen molar-refractivity contribution in [3.8, 4) is 29.0 Å². The number of pyridine rings is 2. The Labute approximate surface area is 315 Å². The van der Waals surface area contributed by atoms with Crippen LogP contribution in [0.5, 0.6) is 0 Å². The average molecular weight is 771 g/mol. The van der Waals surface area contributed by atoms with Crippen LogP contribution in [-0.2, 0) is 21.3 Å². The molecule has 53 heavy (non-hydrogen) atoms. The van der Waals surface area contributed by atoms with Crippen molar-refractivity contribution in [2.75, 3.05) is 44.0 Å². The minimum Gasteiger partial charge on any atom is -0.378 e. The molecule has 16 heteroatoms. The van der Waals surface area contributed by atoms with E-state index in [0.717, 1.165) is 45.4 Å². The van der Waals surface area contributed by atoms with Crippen LogP contribution in [0.2, 0.25) is 5.02 Å². The molecule has 2 saturated heterocycles. The lowest BCUT2D eigenvalue weighted by molar-refractivity contribution is -0.0711. The van der Waals surface area contributed by atoms with Crippen LogP contribution in [0.4, 0.5) is 5.82 Å². The summed E-state index contributed by atoms with van der Waals surface area (Å²) >= 11 is 7.68. The van der Waals surface area contributed by atoms with Gasteiger partial charge < -0.3 is 9.64 Å². The van der Waals surface area contributed by atoms with Crippen LogP contribution in [0.25, 0.3) is 32.2 Å². The van der Waals surface area contributed by atoms with Gasteiger partial charge in [-0.15, -0.1) is 11.3 Å². The summed E-state index contributed by atoms with van der Waals surface area (Å²) < 4.78 is 32.9. The lowest BCUT2D eigenvalue weighted by Gasteiger charge is -2.44. The summed E-state index contributed by atoms with van der Waals surface area (Å²) in [5, 5.41) is 12.7. The number of ether oxygens (including phenoxy) is 1. The summed E-state index contributed by atoms with van der Waals surface area (Å²) in [6, 6.07) is 9.95. The van der Waals surface area contributed by atoms with Gasteiger partial charge in [0, 0.05) is 59.0 Å². The molecule has 6 heterocycles. The fourth-order valence-corrected chi connectivity index (χ4v) is 8.64. The quantitative estimate of drug-likeness (QED) is 0.224. The number of thiophene rings is 1. The van der Waals surface area contributed by atoms with E-state index in [0.29, 0.717) is 61.7 Å². The highest BCUT2D eigenvalue weighted by molar-refractivity contribution is 7.89. The highest BCUT2D eigenvalue weighted by atomic mass is 35.5. The van der Waals surface area contributed by atoms with Crippen LogP contribution in [0, 0.1) is 30.1 Å². The first kappa shape index (κ1) is 36.5. The summed E-state index contributed by atoms with van der Waals surface area (Å²) in [6.07, 6.45) is 5.87. The van der Waals surface area contributed by atoms with Crippen LogP contribution >= 0.6 is 22.9 Å². The van der Waals surface area contributed by atoms with E-state index in [9.17, 15) is 23.3 Å². The normalized spacial score (nSPS) is 15.5. The maximum absolute atomic E-state index is 14.1. The van der Waals surface area contributed by atoms with Gasteiger partial charge in [0.2, 0.25) is 10.0 Å². The van der Waals surface area contributed by atoms with Gasteiger partial charge in [-0.3, -0.25) is 24.0 Å². The Balaban J connectivity index is 1.21. The monoisotopic (exact) mass is 770 g/mol. The number of piperidine rings is 1. The third kappa shape index (κ3) is 7.23. The number of amides is 1. The number of nitrogens with zero attached hydrogens (tertiary/aromatic N) is 7. The number of hydrogen-bond donors (Lipinski definition) is 1. The fourth-order valence-electron chi connectivity index (χ4n) is 6.99. The van der Waals surface area contributed by atoms with Gasteiger partial charge in [-0.05, 0) is 51.0 Å². The maximum atomic E-state index is 14.1. The molecule has 13 nitrogen and oxygen atoms in total. The highest BCUT2D eigenvalue weighted by Gasteiger charge is 2.33. The van der Waals surface area contributed by atoms with Gasteiger partial charge in [0.25, 0.3) is 11.5 Å². The standard InChI is InChI=1S/C37H35ClN8O5S2/c1-4-45(25-10-14-44(15-11-25)26-19-51-20-26)35-29(17-39)32-31(18-41-35)42-22(2)46(37(32)48)13-5-6-23-7-8-24(38)16-28(23)27-9-12-40-33-30(21-52-34(27)33)36(47)43-53(3,49)50/h7-9,12,16,18,21,25-26H,4,10-11,13-15,19-20H2,1-3H3,(H,43,47). The van der Waals surface area contributed by atoms with E-state index in [1.165, 1.54) is 22.1 Å². The number of anilines is 1. The van der Waals surface area contributed by atoms with Crippen molar-refractivity contribution in [3.63, 3.8) is 0 Å². The molecule has 1 aromatic carbocycles. The molecular weight excluding hydrogens is 736 g/mol. The second kappa shape index (κ2) is 14.9. The number of aryl methyl sites for hydroxylation is 1. The fraction of sp³-hybridized carbons (Fsp3) is 0.351. The van der Waals surface area contributed by atoms with E-state index in [2.05, 4.69) is 42.7 Å². The van der Waals surface area contributed by atoms with Gasteiger partial charge in [-0.25, -0.2) is 23.1 Å². The summed E-state index contributed by atoms with van der Waals surface area (Å²) in [4.78, 5) is 45.1. The third-order valence-electron chi connectivity index (χ3n) is 9.68. The predicted molar refractivity (Wildman–Crippen MR) is 205 cm³/mol. The molecule has 2 fully saturated rings. The number of aromatic nitrogens is 4. The molecule has 0 aliphatic carbocycles. The third-order valence-corrected chi connectivity index (χ3v) is 11.5. The topological polar surface area (TPSA) is 163 Å². The second-order valence-corrected chi connectivity index (χ2v) is 16.1. The Hall–Kier alpha value is -4.90. The highest BCUT2D eigenvalue weighted by Crippen LogP contribution is 2.37. The van der Waals surface area contributed by atoms with Crippen LogP contribution in [-0.4, -0.2) is 89.9 Å². The number of rotatable bonds is 8. The van der Waals surface area contributed by atoms with Gasteiger partial charge in [0.15, 0.2) is 0 Å². The molecule has 0 saturated carbocycles. The van der Waals surface area contributed by atoms with E-state index in [4.69, 9.17) is 16.3 Å². The molecular formula is C37H35ClN8O5S2. The molecule has 272 valence electrons. The summed E-state index contributed by atoms with van der Waals surface area (Å²) in [5.74, 6) is 6.44. The number of hydrogen-bond acceptors (Lipinski definition) is 12. The minimum absolute atomic E-state index is 0.000397. The summed E-state index contributed by atoms with van der Waals surface area (Å²) in [6.45, 7) is 7.83. The first-order chi connectivity index (χ1) is 25.5. The number of carbonyl (C=O) groups excluding carboxylic acids is 1. The molecule has 5 aromatic rings. The Kier molecular flexibility index (Phi) is 10.2. The van der Waals surface area contributed by atoms with Crippen LogP contribution < -0.4 is 15.2 Å². The zero-order valence-electron chi connectivity index (χ0n) is 29.2. The second-order valence-electron chi connectivity index (χ2n) is 13.0. The minimum atomic E-state index is -3.78. The molecule has 1 N–H and O–H groups in total. The molecule has 7 rings (SSSR count). The zero-order valence-corrected chi connectivity index (χ0v) is 31.6. The van der Waals surface area contributed by atoms with Gasteiger partial charge >= 0.3 is 0 Å². The number of likely N-dealkylation sites (tertiary alicyclic amines) is 1. The maximum Gasteiger partial charge on any atom is 0.267 e. The van der Waals surface area contributed by atoms with Gasteiger partial charge in [-0.1, -0.05) is 23.4 Å². The van der Waals surface area contributed by atoms with Crippen LogP contribution in [0.3, 0.4) is 0 Å². The van der Waals surface area contributed by atoms with E-state index in [1.807, 2.05) is 11.6 Å². The lowest BCUT2D eigenvalue weighted by atomic mass is 10.00. The average Bonchev–Trinajstić information content (AvgIpc) is 3.55. The van der Waals surface area contributed by atoms with Crippen LogP contribution in [0.15, 0.2) is 46.8 Å². The molecule has 2 aliphatic heterocycles. The van der Waals surface area contributed by atoms with E-state index in [-0.39, 0.29) is 34.7 Å². The van der Waals surface area contributed by atoms with E-state index < -0.39 is 15.9 Å². The van der Waals surface area contributed by atoms with Gasteiger partial charge in [-0.2, -0.15) is 5.26 Å². The van der Waals surface area contributed by atoms with Crippen molar-refractivity contribution in [2.24, 2.45) is 0 Å². The van der Waals surface area contributed by atoms with Crippen molar-refractivity contribution in [2.45, 2.75) is 45.3 Å². The summed E-state index contributed by atoms with van der Waals surface area (Å²) in [5.41, 5.74) is 2.65. The zero-order chi connectivity index (χ0) is 37.4. The van der Waals surface area contributed by atoms with Crippen molar-refractivity contribution in [1.29, 1.82) is 5.26 Å². The molecule has 0 spiro atoms. The number of fused-ring (bicyclic) bond motifs is 2. The Morgan fingerprint density at radius 2 is 1.96 bits per heavy atom. The summed E-state index contributed by atoms with van der Waals surface area (Å²) in [7, 11) is -3.78. The molecule has 0 unspecified atom stereocenters. The number of nitriles is 1.